The minimum atomic E-state index is -0.0702. The lowest BCUT2D eigenvalue weighted by molar-refractivity contribution is -0.118. The van der Waals surface area contributed by atoms with Crippen LogP contribution in [0.15, 0.2) is 30.6 Å². The zero-order valence-electron chi connectivity index (χ0n) is 16.7. The molecule has 2 aliphatic rings. The van der Waals surface area contributed by atoms with Gasteiger partial charge in [-0.25, -0.2) is 4.98 Å². The van der Waals surface area contributed by atoms with Crippen molar-refractivity contribution in [3.8, 4) is 0 Å². The van der Waals surface area contributed by atoms with Crippen molar-refractivity contribution in [2.24, 2.45) is 11.3 Å². The third kappa shape index (κ3) is 3.63. The van der Waals surface area contributed by atoms with Crippen molar-refractivity contribution in [3.05, 3.63) is 53.1 Å². The Kier molecular flexibility index (Phi) is 4.65. The number of carbonyl (C=O) groups excluding carboxylic acids is 2. The van der Waals surface area contributed by atoms with Crippen LogP contribution in [0.2, 0.25) is 0 Å². The van der Waals surface area contributed by atoms with Gasteiger partial charge in [0, 0.05) is 30.9 Å². The Morgan fingerprint density at radius 1 is 1.04 bits per heavy atom. The number of aryl methyl sites for hydroxylation is 3. The molecule has 1 aliphatic carbocycles. The molecule has 0 bridgehead atoms. The van der Waals surface area contributed by atoms with Crippen molar-refractivity contribution < 1.29 is 9.59 Å². The van der Waals surface area contributed by atoms with E-state index >= 15 is 0 Å². The number of carbonyl (C=O) groups is 2. The van der Waals surface area contributed by atoms with E-state index in [2.05, 4.69) is 21.4 Å². The maximum atomic E-state index is 12.7. The summed E-state index contributed by atoms with van der Waals surface area (Å²) in [6.07, 6.45) is 5.80. The van der Waals surface area contributed by atoms with E-state index in [4.69, 9.17) is 0 Å². The highest BCUT2D eigenvalue weighted by molar-refractivity contribution is 5.95. The quantitative estimate of drug-likeness (QED) is 0.889. The van der Waals surface area contributed by atoms with E-state index in [9.17, 15) is 9.59 Å². The van der Waals surface area contributed by atoms with E-state index in [0.29, 0.717) is 18.8 Å². The normalized spacial score (nSPS) is 20.1. The van der Waals surface area contributed by atoms with Gasteiger partial charge in [-0.15, -0.1) is 0 Å². The standard InChI is InChI=1S/C22H26N4O2/c1-14-8-15(2)10-17(9-14)25-20(27)18-11-22(18)4-6-26(7-5-22)21(28)19-13-23-16(3)12-24-19/h8-10,12-13,18H,4-7,11H2,1-3H3,(H,25,27). The number of aromatic nitrogens is 2. The van der Waals surface area contributed by atoms with Crippen molar-refractivity contribution in [1.82, 2.24) is 14.9 Å². The zero-order valence-corrected chi connectivity index (χ0v) is 16.7. The van der Waals surface area contributed by atoms with Crippen LogP contribution in [0.1, 0.15) is 46.6 Å². The molecule has 0 radical (unpaired) electrons. The van der Waals surface area contributed by atoms with Crippen molar-refractivity contribution in [1.29, 1.82) is 0 Å². The molecule has 1 atom stereocenters. The van der Waals surface area contributed by atoms with E-state index in [0.717, 1.165) is 41.8 Å². The zero-order chi connectivity index (χ0) is 19.9. The van der Waals surface area contributed by atoms with Gasteiger partial charge in [0.05, 0.1) is 11.9 Å². The SMILES string of the molecule is Cc1cc(C)cc(NC(=O)C2CC23CCN(C(=O)c2cnc(C)cn2)CC3)c1. The monoisotopic (exact) mass is 378 g/mol. The Balaban J connectivity index is 1.34. The van der Waals surface area contributed by atoms with Gasteiger partial charge in [0.2, 0.25) is 5.91 Å². The fraction of sp³-hybridized carbons (Fsp3) is 0.455. The smallest absolute Gasteiger partial charge is 0.274 e. The number of nitrogens with zero attached hydrogens (tertiary/aromatic N) is 3. The first-order chi connectivity index (χ1) is 13.4. The average Bonchev–Trinajstić information content (AvgIpc) is 3.35. The molecule has 6 nitrogen and oxygen atoms in total. The fourth-order valence-corrected chi connectivity index (χ4v) is 4.37. The van der Waals surface area contributed by atoms with Crippen LogP contribution in [0, 0.1) is 32.1 Å². The number of hydrogen-bond donors (Lipinski definition) is 1. The summed E-state index contributed by atoms with van der Waals surface area (Å²) in [4.78, 5) is 35.5. The second-order valence-corrected chi connectivity index (χ2v) is 8.32. The lowest BCUT2D eigenvalue weighted by Crippen LogP contribution is -2.40. The highest BCUT2D eigenvalue weighted by atomic mass is 16.2. The van der Waals surface area contributed by atoms with Crippen molar-refractivity contribution in [3.63, 3.8) is 0 Å². The Labute approximate surface area is 165 Å². The fourth-order valence-electron chi connectivity index (χ4n) is 4.37. The third-order valence-corrected chi connectivity index (χ3v) is 6.04. The molecule has 2 heterocycles. The van der Waals surface area contributed by atoms with Crippen LogP contribution in [-0.4, -0.2) is 39.8 Å². The predicted octanol–water partition coefficient (Wildman–Crippen LogP) is 3.28. The van der Waals surface area contributed by atoms with Crippen molar-refractivity contribution in [2.45, 2.75) is 40.0 Å². The molecule has 4 rings (SSSR count). The number of nitrogens with one attached hydrogen (secondary N) is 1. The third-order valence-electron chi connectivity index (χ3n) is 6.04. The molecule has 2 aromatic rings. The summed E-state index contributed by atoms with van der Waals surface area (Å²) in [5.74, 6) is 0.0816. The van der Waals surface area contributed by atoms with Gasteiger partial charge in [-0.3, -0.25) is 14.6 Å². The molecule has 2 amide bonds. The van der Waals surface area contributed by atoms with E-state index in [1.165, 1.54) is 0 Å². The summed E-state index contributed by atoms with van der Waals surface area (Å²) < 4.78 is 0. The first-order valence-electron chi connectivity index (χ1n) is 9.83. The molecule has 1 aliphatic heterocycles. The van der Waals surface area contributed by atoms with E-state index < -0.39 is 0 Å². The predicted molar refractivity (Wildman–Crippen MR) is 107 cm³/mol. The molecule has 1 aromatic heterocycles. The summed E-state index contributed by atoms with van der Waals surface area (Å²) in [5.41, 5.74) is 4.40. The largest absolute Gasteiger partial charge is 0.337 e. The van der Waals surface area contributed by atoms with Crippen LogP contribution < -0.4 is 5.32 Å². The molecular formula is C22H26N4O2. The van der Waals surface area contributed by atoms with Crippen LogP contribution in [0.5, 0.6) is 0 Å². The maximum absolute atomic E-state index is 12.7. The van der Waals surface area contributed by atoms with Gasteiger partial charge >= 0.3 is 0 Å². The van der Waals surface area contributed by atoms with Crippen molar-refractivity contribution in [2.75, 3.05) is 18.4 Å². The van der Waals surface area contributed by atoms with Crippen LogP contribution in [0.3, 0.4) is 0 Å². The van der Waals surface area contributed by atoms with Gasteiger partial charge < -0.3 is 10.2 Å². The number of rotatable bonds is 3. The lowest BCUT2D eigenvalue weighted by atomic mass is 9.90. The van der Waals surface area contributed by atoms with Crippen LogP contribution in [0.25, 0.3) is 0 Å². The summed E-state index contributed by atoms with van der Waals surface area (Å²) >= 11 is 0. The summed E-state index contributed by atoms with van der Waals surface area (Å²) in [6, 6.07) is 6.10. The number of amides is 2. The molecule has 28 heavy (non-hydrogen) atoms. The molecule has 2 fully saturated rings. The Morgan fingerprint density at radius 3 is 2.32 bits per heavy atom. The van der Waals surface area contributed by atoms with Gasteiger partial charge in [0.1, 0.15) is 5.69 Å². The topological polar surface area (TPSA) is 75.2 Å². The maximum Gasteiger partial charge on any atom is 0.274 e. The summed E-state index contributed by atoms with van der Waals surface area (Å²) in [5, 5.41) is 3.08. The van der Waals surface area contributed by atoms with Gasteiger partial charge in [0.15, 0.2) is 0 Å². The molecule has 6 heteroatoms. The lowest BCUT2D eigenvalue weighted by Gasteiger charge is -2.32. The second kappa shape index (κ2) is 7.00. The number of anilines is 1. The van der Waals surface area contributed by atoms with Crippen LogP contribution in [0.4, 0.5) is 5.69 Å². The summed E-state index contributed by atoms with van der Waals surface area (Å²) in [7, 11) is 0. The van der Waals surface area contributed by atoms with Gasteiger partial charge in [0.25, 0.3) is 5.91 Å². The van der Waals surface area contributed by atoms with Gasteiger partial charge in [-0.2, -0.15) is 0 Å². The van der Waals surface area contributed by atoms with Crippen molar-refractivity contribution >= 4 is 17.5 Å². The number of likely N-dealkylation sites (tertiary alicyclic amines) is 1. The van der Waals surface area contributed by atoms with E-state index in [1.54, 1.807) is 12.4 Å². The minimum absolute atomic E-state index is 0.0461. The molecule has 146 valence electrons. The molecule has 1 N–H and O–H groups in total. The number of hydrogen-bond acceptors (Lipinski definition) is 4. The minimum Gasteiger partial charge on any atom is -0.337 e. The molecule has 1 saturated heterocycles. The highest BCUT2D eigenvalue weighted by Crippen LogP contribution is 2.59. The molecule has 1 saturated carbocycles. The molecule has 1 aromatic carbocycles. The second-order valence-electron chi connectivity index (χ2n) is 8.32. The highest BCUT2D eigenvalue weighted by Gasteiger charge is 2.58. The molecule has 1 spiro atoms. The molecular weight excluding hydrogens is 352 g/mol. The van der Waals surface area contributed by atoms with Crippen LogP contribution in [-0.2, 0) is 4.79 Å². The van der Waals surface area contributed by atoms with E-state index in [1.807, 2.05) is 37.8 Å². The van der Waals surface area contributed by atoms with E-state index in [-0.39, 0.29) is 23.1 Å². The van der Waals surface area contributed by atoms with Crippen LogP contribution >= 0.6 is 0 Å². The first-order valence-corrected chi connectivity index (χ1v) is 9.83. The Hall–Kier alpha value is -2.76. The van der Waals surface area contributed by atoms with Gasteiger partial charge in [-0.1, -0.05) is 6.07 Å². The Morgan fingerprint density at radius 2 is 1.71 bits per heavy atom. The number of piperidine rings is 1. The van der Waals surface area contributed by atoms with Gasteiger partial charge in [-0.05, 0) is 68.7 Å². The Bertz CT molecular complexity index is 894. The first kappa shape index (κ1) is 18.6. The molecule has 1 unspecified atom stereocenters. The average molecular weight is 378 g/mol. The number of benzene rings is 1. The summed E-state index contributed by atoms with van der Waals surface area (Å²) in [6.45, 7) is 7.25.